The molecular weight excluding hydrogens is 304 g/mol. The lowest BCUT2D eigenvalue weighted by Gasteiger charge is -2.32. The third-order valence-electron chi connectivity index (χ3n) is 5.22. The molecule has 0 aromatic carbocycles. The third-order valence-corrected chi connectivity index (χ3v) is 6.94. The van der Waals surface area contributed by atoms with Gasteiger partial charge in [0.15, 0.2) is 0 Å². The number of rotatable bonds is 4. The van der Waals surface area contributed by atoms with E-state index in [2.05, 4.69) is 17.6 Å². The lowest BCUT2D eigenvalue weighted by molar-refractivity contribution is 0.0590. The van der Waals surface area contributed by atoms with E-state index in [9.17, 15) is 13.2 Å². The Balaban J connectivity index is 1.44. The fourth-order valence-electron chi connectivity index (χ4n) is 3.60. The van der Waals surface area contributed by atoms with Crippen LogP contribution in [0.5, 0.6) is 0 Å². The number of ether oxygens (including phenoxy) is 1. The molecule has 2 saturated heterocycles. The van der Waals surface area contributed by atoms with Crippen molar-refractivity contribution in [2.45, 2.75) is 50.7 Å². The van der Waals surface area contributed by atoms with Gasteiger partial charge in [0.25, 0.3) is 0 Å². The Hall–Kier alpha value is -0.820. The van der Waals surface area contributed by atoms with Crippen LogP contribution in [0.3, 0.4) is 0 Å². The largest absolute Gasteiger partial charge is 0.375 e. The third kappa shape index (κ3) is 3.74. The fraction of sp³-hybridized carbons (Fsp3) is 0.933. The SMILES string of the molecule is C[C@@]1(NC(=O)NCC2CCS(=O)(=O)CC2)CCO[C@H]1C1CC1. The highest BCUT2D eigenvalue weighted by molar-refractivity contribution is 7.91. The topological polar surface area (TPSA) is 84.5 Å². The van der Waals surface area contributed by atoms with Gasteiger partial charge in [0.05, 0.1) is 23.1 Å². The number of urea groups is 1. The summed E-state index contributed by atoms with van der Waals surface area (Å²) in [5, 5.41) is 6.00. The van der Waals surface area contributed by atoms with Crippen molar-refractivity contribution < 1.29 is 17.9 Å². The number of carbonyl (C=O) groups is 1. The van der Waals surface area contributed by atoms with Gasteiger partial charge in [-0.05, 0) is 50.9 Å². The quantitative estimate of drug-likeness (QED) is 0.807. The van der Waals surface area contributed by atoms with E-state index in [1.807, 2.05) is 0 Å². The van der Waals surface area contributed by atoms with E-state index in [4.69, 9.17) is 4.74 Å². The van der Waals surface area contributed by atoms with Crippen LogP contribution in [0.4, 0.5) is 4.79 Å². The molecule has 0 aromatic heterocycles. The molecule has 7 heteroatoms. The zero-order valence-electron chi connectivity index (χ0n) is 13.1. The second-order valence-electron chi connectivity index (χ2n) is 7.23. The van der Waals surface area contributed by atoms with Crippen LogP contribution in [0, 0.1) is 11.8 Å². The van der Waals surface area contributed by atoms with Gasteiger partial charge in [0.2, 0.25) is 0 Å². The van der Waals surface area contributed by atoms with Crippen LogP contribution >= 0.6 is 0 Å². The first-order valence-corrected chi connectivity index (χ1v) is 10.1. The highest BCUT2D eigenvalue weighted by atomic mass is 32.2. The average Bonchev–Trinajstić information content (AvgIpc) is 3.21. The predicted molar refractivity (Wildman–Crippen MR) is 83.4 cm³/mol. The van der Waals surface area contributed by atoms with E-state index in [1.165, 1.54) is 12.8 Å². The number of nitrogens with one attached hydrogen (secondary N) is 2. The molecule has 0 aromatic rings. The Morgan fingerprint density at radius 1 is 1.23 bits per heavy atom. The normalized spacial score (nSPS) is 35.2. The van der Waals surface area contributed by atoms with Crippen LogP contribution in [0.1, 0.15) is 39.0 Å². The smallest absolute Gasteiger partial charge is 0.315 e. The molecule has 2 aliphatic heterocycles. The van der Waals surface area contributed by atoms with Crippen molar-refractivity contribution in [2.24, 2.45) is 11.8 Å². The Kier molecular flexibility index (Phi) is 4.38. The van der Waals surface area contributed by atoms with Crippen molar-refractivity contribution >= 4 is 15.9 Å². The summed E-state index contributed by atoms with van der Waals surface area (Å²) < 4.78 is 28.6. The Labute approximate surface area is 132 Å². The summed E-state index contributed by atoms with van der Waals surface area (Å²) in [4.78, 5) is 12.2. The predicted octanol–water partition coefficient (Wildman–Crippen LogP) is 1.07. The molecule has 6 nitrogen and oxygen atoms in total. The maximum Gasteiger partial charge on any atom is 0.315 e. The highest BCUT2D eigenvalue weighted by Gasteiger charge is 2.49. The maximum atomic E-state index is 12.2. The molecule has 2 amide bonds. The van der Waals surface area contributed by atoms with Crippen LogP contribution in [0.15, 0.2) is 0 Å². The molecule has 126 valence electrons. The summed E-state index contributed by atoms with van der Waals surface area (Å²) in [7, 11) is -2.84. The summed E-state index contributed by atoms with van der Waals surface area (Å²) >= 11 is 0. The van der Waals surface area contributed by atoms with Crippen molar-refractivity contribution in [1.82, 2.24) is 10.6 Å². The van der Waals surface area contributed by atoms with Gasteiger partial charge in [-0.15, -0.1) is 0 Å². The first-order chi connectivity index (χ1) is 10.4. The summed E-state index contributed by atoms with van der Waals surface area (Å²) in [6.07, 6.45) is 4.67. The molecule has 2 atom stereocenters. The molecule has 3 aliphatic rings. The summed E-state index contributed by atoms with van der Waals surface area (Å²) in [5.41, 5.74) is -0.277. The number of carbonyl (C=O) groups excluding carboxylic acids is 1. The van der Waals surface area contributed by atoms with Crippen molar-refractivity contribution in [1.29, 1.82) is 0 Å². The van der Waals surface area contributed by atoms with Gasteiger partial charge in [-0.3, -0.25) is 0 Å². The van der Waals surface area contributed by atoms with Gasteiger partial charge >= 0.3 is 6.03 Å². The first-order valence-electron chi connectivity index (χ1n) is 8.26. The number of sulfone groups is 1. The zero-order chi connectivity index (χ0) is 15.8. The van der Waals surface area contributed by atoms with Crippen molar-refractivity contribution in [3.05, 3.63) is 0 Å². The van der Waals surface area contributed by atoms with E-state index >= 15 is 0 Å². The van der Waals surface area contributed by atoms with Crippen LogP contribution in [0.25, 0.3) is 0 Å². The van der Waals surface area contributed by atoms with Crippen LogP contribution < -0.4 is 10.6 Å². The van der Waals surface area contributed by atoms with Crippen molar-refractivity contribution in [3.8, 4) is 0 Å². The lowest BCUT2D eigenvalue weighted by Crippen LogP contribution is -2.56. The monoisotopic (exact) mass is 330 g/mol. The number of hydrogen-bond donors (Lipinski definition) is 2. The Bertz CT molecular complexity index is 518. The van der Waals surface area contributed by atoms with E-state index in [1.54, 1.807) is 0 Å². The molecule has 2 N–H and O–H groups in total. The summed E-state index contributed by atoms with van der Waals surface area (Å²) in [5.74, 6) is 1.35. The number of hydrogen-bond acceptors (Lipinski definition) is 4. The molecule has 0 radical (unpaired) electrons. The van der Waals surface area contributed by atoms with Gasteiger partial charge in [-0.2, -0.15) is 0 Å². The second kappa shape index (κ2) is 6.00. The van der Waals surface area contributed by atoms with Gasteiger partial charge < -0.3 is 15.4 Å². The van der Waals surface area contributed by atoms with E-state index in [0.29, 0.717) is 31.9 Å². The molecule has 1 saturated carbocycles. The van der Waals surface area contributed by atoms with Gasteiger partial charge in [-0.25, -0.2) is 13.2 Å². The Morgan fingerprint density at radius 2 is 1.91 bits per heavy atom. The lowest BCUT2D eigenvalue weighted by atomic mass is 9.90. The van der Waals surface area contributed by atoms with E-state index in [0.717, 1.165) is 6.42 Å². The minimum Gasteiger partial charge on any atom is -0.375 e. The van der Waals surface area contributed by atoms with Crippen LogP contribution in [0.2, 0.25) is 0 Å². The molecule has 3 rings (SSSR count). The molecule has 0 unspecified atom stereocenters. The van der Waals surface area contributed by atoms with Crippen molar-refractivity contribution in [3.63, 3.8) is 0 Å². The zero-order valence-corrected chi connectivity index (χ0v) is 14.0. The van der Waals surface area contributed by atoms with Crippen LogP contribution in [-0.2, 0) is 14.6 Å². The van der Waals surface area contributed by atoms with Crippen LogP contribution in [-0.4, -0.2) is 50.7 Å². The van der Waals surface area contributed by atoms with Gasteiger partial charge in [-0.1, -0.05) is 0 Å². The van der Waals surface area contributed by atoms with E-state index in [-0.39, 0.29) is 35.1 Å². The van der Waals surface area contributed by atoms with Gasteiger partial charge in [0, 0.05) is 13.2 Å². The maximum absolute atomic E-state index is 12.2. The molecule has 0 spiro atoms. The summed E-state index contributed by atoms with van der Waals surface area (Å²) in [6.45, 7) is 3.32. The second-order valence-corrected chi connectivity index (χ2v) is 9.53. The summed E-state index contributed by atoms with van der Waals surface area (Å²) in [6, 6.07) is -0.160. The van der Waals surface area contributed by atoms with Gasteiger partial charge in [0.1, 0.15) is 9.84 Å². The minimum atomic E-state index is -2.84. The first kappa shape index (κ1) is 16.1. The molecule has 3 fully saturated rings. The van der Waals surface area contributed by atoms with Crippen molar-refractivity contribution in [2.75, 3.05) is 24.7 Å². The molecule has 0 bridgehead atoms. The highest BCUT2D eigenvalue weighted by Crippen LogP contribution is 2.43. The number of amides is 2. The molecule has 1 aliphatic carbocycles. The minimum absolute atomic E-state index is 0.137. The standard InChI is InChI=1S/C15H26N2O4S/c1-15(6-7-21-13(15)12-2-3-12)17-14(18)16-10-11-4-8-22(19,20)9-5-11/h11-13H,2-10H2,1H3,(H2,16,17,18)/t13-,15+/m0/s1. The Morgan fingerprint density at radius 3 is 2.55 bits per heavy atom. The average molecular weight is 330 g/mol. The molecule has 2 heterocycles. The molecule has 22 heavy (non-hydrogen) atoms. The molecular formula is C15H26N2O4S. The van der Waals surface area contributed by atoms with E-state index < -0.39 is 9.84 Å². The fourth-order valence-corrected chi connectivity index (χ4v) is 5.19.